The van der Waals surface area contributed by atoms with E-state index in [1.54, 1.807) is 12.2 Å². The molecule has 4 nitrogen and oxygen atoms in total. The first-order chi connectivity index (χ1) is 13.2. The minimum absolute atomic E-state index is 0.243. The molecule has 1 heterocycles. The Balaban J connectivity index is 1.68. The van der Waals surface area contributed by atoms with Crippen molar-refractivity contribution in [3.63, 3.8) is 0 Å². The highest BCUT2D eigenvalue weighted by atomic mass is 16.6. The Labute approximate surface area is 157 Å². The molecule has 0 amide bonds. The van der Waals surface area contributed by atoms with Crippen LogP contribution in [0.3, 0.4) is 0 Å². The van der Waals surface area contributed by atoms with Crippen molar-refractivity contribution in [2.24, 2.45) is 4.99 Å². The maximum atomic E-state index is 12.3. The number of carbonyl (C=O) groups is 1. The number of hydrogen-bond acceptors (Lipinski definition) is 4. The van der Waals surface area contributed by atoms with E-state index >= 15 is 0 Å². The second kappa shape index (κ2) is 7.30. The highest BCUT2D eigenvalue weighted by Crippen LogP contribution is 2.25. The van der Waals surface area contributed by atoms with Gasteiger partial charge in [-0.15, -0.1) is 0 Å². The number of hydrogen-bond donors (Lipinski definition) is 0. The topological polar surface area (TPSA) is 47.9 Å². The second-order valence-corrected chi connectivity index (χ2v) is 6.04. The molecule has 3 aromatic carbocycles. The van der Waals surface area contributed by atoms with Gasteiger partial charge in [-0.2, -0.15) is 0 Å². The molecule has 4 rings (SSSR count). The molecule has 0 saturated heterocycles. The third kappa shape index (κ3) is 3.51. The Hall–Kier alpha value is -3.66. The zero-order valence-corrected chi connectivity index (χ0v) is 14.6. The molecule has 0 bridgehead atoms. The third-order valence-electron chi connectivity index (χ3n) is 4.18. The number of para-hydroxylation sites is 1. The number of nitrogens with zero attached hydrogens (tertiary/aromatic N) is 1. The number of esters is 1. The average molecular weight is 355 g/mol. The lowest BCUT2D eigenvalue weighted by atomic mass is 10.1. The van der Waals surface area contributed by atoms with Crippen LogP contribution >= 0.6 is 0 Å². The van der Waals surface area contributed by atoms with Gasteiger partial charge in [0.25, 0.3) is 0 Å². The number of aliphatic imine (C=N–C) groups is 1. The van der Waals surface area contributed by atoms with E-state index < -0.39 is 5.97 Å². The maximum Gasteiger partial charge on any atom is 0.363 e. The van der Waals surface area contributed by atoms with E-state index in [0.717, 1.165) is 21.9 Å². The van der Waals surface area contributed by atoms with Gasteiger partial charge in [0, 0.05) is 11.1 Å². The highest BCUT2D eigenvalue weighted by molar-refractivity contribution is 6.13. The van der Waals surface area contributed by atoms with Crippen LogP contribution in [0, 0.1) is 0 Å². The number of cyclic esters (lactones) is 1. The van der Waals surface area contributed by atoms with Gasteiger partial charge in [0.2, 0.25) is 5.90 Å². The van der Waals surface area contributed by atoms with Crippen LogP contribution in [0.2, 0.25) is 0 Å². The van der Waals surface area contributed by atoms with Crippen molar-refractivity contribution in [2.45, 2.75) is 0 Å². The monoisotopic (exact) mass is 355 g/mol. The molecule has 0 unspecified atom stereocenters. The molecular weight excluding hydrogens is 338 g/mol. The van der Waals surface area contributed by atoms with Crippen LogP contribution in [0.25, 0.3) is 16.8 Å². The van der Waals surface area contributed by atoms with Gasteiger partial charge >= 0.3 is 5.97 Å². The van der Waals surface area contributed by atoms with Crippen LogP contribution in [0.5, 0.6) is 5.75 Å². The summed E-state index contributed by atoms with van der Waals surface area (Å²) in [5.41, 5.74) is 1.77. The Kier molecular flexibility index (Phi) is 4.54. The molecule has 0 aromatic heterocycles. The van der Waals surface area contributed by atoms with Crippen LogP contribution in [-0.2, 0) is 9.53 Å². The zero-order chi connectivity index (χ0) is 18.6. The van der Waals surface area contributed by atoms with Crippen LogP contribution in [0.15, 0.2) is 90.1 Å². The third-order valence-corrected chi connectivity index (χ3v) is 4.18. The summed E-state index contributed by atoms with van der Waals surface area (Å²) in [5, 5.41) is 2.18. The fourth-order valence-corrected chi connectivity index (χ4v) is 2.88. The van der Waals surface area contributed by atoms with Gasteiger partial charge in [-0.3, -0.25) is 0 Å². The van der Waals surface area contributed by atoms with Crippen molar-refractivity contribution in [3.05, 3.63) is 96.2 Å². The van der Waals surface area contributed by atoms with Gasteiger partial charge in [-0.1, -0.05) is 61.2 Å². The lowest BCUT2D eigenvalue weighted by Crippen LogP contribution is -2.05. The number of carbonyl (C=O) groups excluding carboxylic acids is 1. The predicted octanol–water partition coefficient (Wildman–Crippen LogP) is 4.75. The Morgan fingerprint density at radius 2 is 1.78 bits per heavy atom. The summed E-state index contributed by atoms with van der Waals surface area (Å²) in [6.45, 7) is 4.03. The molecule has 1 aliphatic rings. The van der Waals surface area contributed by atoms with Crippen LogP contribution in [0.4, 0.5) is 0 Å². The summed E-state index contributed by atoms with van der Waals surface area (Å²) in [4.78, 5) is 16.7. The van der Waals surface area contributed by atoms with Crippen LogP contribution in [-0.4, -0.2) is 18.5 Å². The molecule has 1 aliphatic heterocycles. The van der Waals surface area contributed by atoms with Gasteiger partial charge in [-0.05, 0) is 35.0 Å². The van der Waals surface area contributed by atoms with Gasteiger partial charge in [0.15, 0.2) is 5.70 Å². The molecule has 0 fully saturated rings. The molecule has 4 heteroatoms. The smallest absolute Gasteiger partial charge is 0.363 e. The summed E-state index contributed by atoms with van der Waals surface area (Å²) in [5.74, 6) is 0.491. The van der Waals surface area contributed by atoms with E-state index in [9.17, 15) is 4.79 Å². The van der Waals surface area contributed by atoms with Crippen molar-refractivity contribution in [1.82, 2.24) is 0 Å². The number of benzene rings is 3. The quantitative estimate of drug-likeness (QED) is 0.377. The van der Waals surface area contributed by atoms with E-state index in [2.05, 4.69) is 11.6 Å². The van der Waals surface area contributed by atoms with E-state index in [-0.39, 0.29) is 5.70 Å². The Bertz CT molecular complexity index is 1100. The first-order valence-electron chi connectivity index (χ1n) is 8.59. The molecule has 0 N–H and O–H groups in total. The predicted molar refractivity (Wildman–Crippen MR) is 107 cm³/mol. The summed E-state index contributed by atoms with van der Waals surface area (Å²) < 4.78 is 11.0. The molecule has 0 spiro atoms. The SMILES string of the molecule is C=CCOc1ccccc1/C=C1\N=C(c2ccc3ccccc3c2)OC1=O. The average Bonchev–Trinajstić information content (AvgIpc) is 3.07. The van der Waals surface area contributed by atoms with Crippen molar-refractivity contribution < 1.29 is 14.3 Å². The van der Waals surface area contributed by atoms with Gasteiger partial charge in [0.05, 0.1) is 0 Å². The molecule has 0 saturated carbocycles. The first-order valence-corrected chi connectivity index (χ1v) is 8.59. The fourth-order valence-electron chi connectivity index (χ4n) is 2.88. The van der Waals surface area contributed by atoms with Crippen LogP contribution in [0.1, 0.15) is 11.1 Å². The second-order valence-electron chi connectivity index (χ2n) is 6.04. The normalized spacial score (nSPS) is 14.9. The van der Waals surface area contributed by atoms with Gasteiger partial charge < -0.3 is 9.47 Å². The summed E-state index contributed by atoms with van der Waals surface area (Å²) in [6, 6.07) is 21.3. The molecule has 27 heavy (non-hydrogen) atoms. The minimum atomic E-state index is -0.475. The van der Waals surface area contributed by atoms with Crippen molar-refractivity contribution in [1.29, 1.82) is 0 Å². The summed E-state index contributed by atoms with van der Waals surface area (Å²) >= 11 is 0. The van der Waals surface area contributed by atoms with E-state index in [0.29, 0.717) is 18.3 Å². The highest BCUT2D eigenvalue weighted by Gasteiger charge is 2.24. The molecule has 0 radical (unpaired) electrons. The van der Waals surface area contributed by atoms with Crippen molar-refractivity contribution in [3.8, 4) is 5.75 Å². The molecule has 132 valence electrons. The standard InChI is InChI=1S/C23H17NO3/c1-2-13-26-21-10-6-5-9-18(21)15-20-23(25)27-22(24-20)19-12-11-16-7-3-4-8-17(16)14-19/h2-12,14-15H,1,13H2/b20-15-. The summed E-state index contributed by atoms with van der Waals surface area (Å²) in [7, 11) is 0. The lowest BCUT2D eigenvalue weighted by Gasteiger charge is -2.06. The van der Waals surface area contributed by atoms with E-state index in [4.69, 9.17) is 9.47 Å². The molecule has 0 aliphatic carbocycles. The number of fused-ring (bicyclic) bond motifs is 1. The number of rotatable bonds is 5. The minimum Gasteiger partial charge on any atom is -0.489 e. The fraction of sp³-hybridized carbons (Fsp3) is 0.0435. The summed E-state index contributed by atoms with van der Waals surface area (Å²) in [6.07, 6.45) is 3.35. The zero-order valence-electron chi connectivity index (χ0n) is 14.6. The lowest BCUT2D eigenvalue weighted by molar-refractivity contribution is -0.129. The van der Waals surface area contributed by atoms with Gasteiger partial charge in [-0.25, -0.2) is 9.79 Å². The molecular formula is C23H17NO3. The van der Waals surface area contributed by atoms with Crippen LogP contribution < -0.4 is 4.74 Å². The van der Waals surface area contributed by atoms with E-state index in [1.165, 1.54) is 0 Å². The Morgan fingerprint density at radius 1 is 1.00 bits per heavy atom. The van der Waals surface area contributed by atoms with E-state index in [1.807, 2.05) is 66.7 Å². The Morgan fingerprint density at radius 3 is 2.63 bits per heavy atom. The first kappa shape index (κ1) is 16.8. The molecule has 0 atom stereocenters. The number of ether oxygens (including phenoxy) is 2. The maximum absolute atomic E-state index is 12.3. The van der Waals surface area contributed by atoms with Gasteiger partial charge in [0.1, 0.15) is 12.4 Å². The largest absolute Gasteiger partial charge is 0.489 e. The molecule has 3 aromatic rings. The van der Waals surface area contributed by atoms with Crippen molar-refractivity contribution >= 4 is 28.7 Å². The van der Waals surface area contributed by atoms with Crippen molar-refractivity contribution in [2.75, 3.05) is 6.61 Å².